The molecule has 1 heterocycles. The maximum atomic E-state index is 5.05. The fraction of sp³-hybridized carbons (Fsp3) is 0.636. The van der Waals surface area contributed by atoms with Gasteiger partial charge in [0.25, 0.3) is 0 Å². The number of ether oxygens (including phenoxy) is 1. The number of hydrogen-bond donors (Lipinski definition) is 0. The van der Waals surface area contributed by atoms with E-state index in [1.165, 1.54) is 0 Å². The Bertz CT molecular complexity index is 316. The van der Waals surface area contributed by atoms with Crippen LogP contribution in [0.2, 0.25) is 0 Å². The van der Waals surface area contributed by atoms with E-state index in [-0.39, 0.29) is 5.41 Å². The molecule has 3 nitrogen and oxygen atoms in total. The van der Waals surface area contributed by atoms with Gasteiger partial charge in [-0.15, -0.1) is 0 Å². The molecule has 0 N–H and O–H groups in total. The van der Waals surface area contributed by atoms with Gasteiger partial charge in [-0.05, 0) is 6.92 Å². The Hall–Kier alpha value is -0.960. The van der Waals surface area contributed by atoms with Crippen LogP contribution in [-0.2, 0) is 16.8 Å². The summed E-state index contributed by atoms with van der Waals surface area (Å²) in [6.07, 6.45) is 1.85. The Labute approximate surface area is 85.5 Å². The predicted molar refractivity (Wildman–Crippen MR) is 56.2 cm³/mol. The lowest BCUT2D eigenvalue weighted by molar-refractivity contribution is 0.183. The Kier molecular flexibility index (Phi) is 3.21. The van der Waals surface area contributed by atoms with E-state index in [0.29, 0.717) is 6.61 Å². The van der Waals surface area contributed by atoms with Crippen molar-refractivity contribution in [3.63, 3.8) is 0 Å². The molecule has 1 aromatic rings. The highest BCUT2D eigenvalue weighted by atomic mass is 16.5. The zero-order chi connectivity index (χ0) is 10.8. The summed E-state index contributed by atoms with van der Waals surface area (Å²) < 4.78 is 5.05. The molecule has 1 aromatic heterocycles. The van der Waals surface area contributed by atoms with Crippen molar-refractivity contribution < 1.29 is 4.74 Å². The lowest BCUT2D eigenvalue weighted by atomic mass is 9.95. The second-order valence-corrected chi connectivity index (χ2v) is 4.49. The smallest absolute Gasteiger partial charge is 0.133 e. The molecular formula is C11H18N2O. The molecule has 78 valence electrons. The first-order chi connectivity index (χ1) is 6.45. The van der Waals surface area contributed by atoms with Gasteiger partial charge in [0.2, 0.25) is 0 Å². The summed E-state index contributed by atoms with van der Waals surface area (Å²) in [4.78, 5) is 8.81. The average molecular weight is 194 g/mol. The first kappa shape index (κ1) is 11.1. The van der Waals surface area contributed by atoms with Gasteiger partial charge in [-0.3, -0.25) is 0 Å². The lowest BCUT2D eigenvalue weighted by Crippen LogP contribution is -2.17. The molecule has 0 aliphatic carbocycles. The molecule has 0 aromatic carbocycles. The minimum absolute atomic E-state index is 0.0103. The lowest BCUT2D eigenvalue weighted by Gasteiger charge is -2.17. The number of nitrogens with zero attached hydrogens (tertiary/aromatic N) is 2. The topological polar surface area (TPSA) is 35.0 Å². The van der Waals surface area contributed by atoms with Gasteiger partial charge in [0.15, 0.2) is 0 Å². The monoisotopic (exact) mass is 194 g/mol. The summed E-state index contributed by atoms with van der Waals surface area (Å²) in [6.45, 7) is 8.90. The third-order valence-corrected chi connectivity index (χ3v) is 2.05. The van der Waals surface area contributed by atoms with Crippen molar-refractivity contribution in [2.45, 2.75) is 39.7 Å². The number of aryl methyl sites for hydroxylation is 1. The van der Waals surface area contributed by atoms with E-state index in [1.54, 1.807) is 7.11 Å². The summed E-state index contributed by atoms with van der Waals surface area (Å²) in [5.41, 5.74) is 2.07. The van der Waals surface area contributed by atoms with Crippen LogP contribution < -0.4 is 0 Å². The van der Waals surface area contributed by atoms with Crippen LogP contribution in [0.1, 0.15) is 37.9 Å². The van der Waals surface area contributed by atoms with E-state index in [1.807, 2.05) is 13.1 Å². The molecular weight excluding hydrogens is 176 g/mol. The van der Waals surface area contributed by atoms with Crippen LogP contribution in [0.3, 0.4) is 0 Å². The number of rotatable bonds is 2. The van der Waals surface area contributed by atoms with E-state index >= 15 is 0 Å². The first-order valence-electron chi connectivity index (χ1n) is 4.77. The van der Waals surface area contributed by atoms with Crippen LogP contribution in [0.15, 0.2) is 6.20 Å². The van der Waals surface area contributed by atoms with E-state index in [9.17, 15) is 0 Å². The van der Waals surface area contributed by atoms with Crippen LogP contribution in [0, 0.1) is 6.92 Å². The van der Waals surface area contributed by atoms with Crippen molar-refractivity contribution in [3.05, 3.63) is 23.3 Å². The quantitative estimate of drug-likeness (QED) is 0.724. The highest BCUT2D eigenvalue weighted by molar-refractivity contribution is 5.17. The molecule has 1 rings (SSSR count). The number of aromatic nitrogens is 2. The van der Waals surface area contributed by atoms with E-state index in [4.69, 9.17) is 4.74 Å². The highest BCUT2D eigenvalue weighted by Crippen LogP contribution is 2.18. The maximum absolute atomic E-state index is 5.05. The largest absolute Gasteiger partial charge is 0.380 e. The van der Waals surface area contributed by atoms with Gasteiger partial charge >= 0.3 is 0 Å². The van der Waals surface area contributed by atoms with Gasteiger partial charge in [0, 0.05) is 30.0 Å². The molecule has 0 radical (unpaired) electrons. The van der Waals surface area contributed by atoms with Gasteiger partial charge in [-0.2, -0.15) is 0 Å². The Morgan fingerprint density at radius 3 is 2.43 bits per heavy atom. The van der Waals surface area contributed by atoms with Crippen molar-refractivity contribution in [2.75, 3.05) is 7.11 Å². The highest BCUT2D eigenvalue weighted by Gasteiger charge is 2.17. The van der Waals surface area contributed by atoms with E-state index in [2.05, 4.69) is 30.7 Å². The zero-order valence-corrected chi connectivity index (χ0v) is 9.59. The standard InChI is InChI=1S/C11H18N2O/c1-8-9(7-14-5)6-12-10(13-8)11(2,3)4/h6H,7H2,1-5H3. The summed E-state index contributed by atoms with van der Waals surface area (Å²) in [7, 11) is 1.68. The van der Waals surface area contributed by atoms with Gasteiger partial charge in [0.05, 0.1) is 6.61 Å². The Balaban J connectivity index is 3.01. The van der Waals surface area contributed by atoms with Crippen molar-refractivity contribution in [2.24, 2.45) is 0 Å². The number of hydrogen-bond acceptors (Lipinski definition) is 3. The van der Waals surface area contributed by atoms with Gasteiger partial charge < -0.3 is 4.74 Å². The fourth-order valence-corrected chi connectivity index (χ4v) is 1.15. The Morgan fingerprint density at radius 1 is 1.36 bits per heavy atom. The van der Waals surface area contributed by atoms with Crippen LogP contribution >= 0.6 is 0 Å². The van der Waals surface area contributed by atoms with Gasteiger partial charge in [-0.25, -0.2) is 9.97 Å². The third kappa shape index (κ3) is 2.51. The summed E-state index contributed by atoms with van der Waals surface area (Å²) in [5.74, 6) is 0.884. The fourth-order valence-electron chi connectivity index (χ4n) is 1.15. The second-order valence-electron chi connectivity index (χ2n) is 4.49. The number of methoxy groups -OCH3 is 1. The van der Waals surface area contributed by atoms with Gasteiger partial charge in [0.1, 0.15) is 5.82 Å². The molecule has 0 saturated heterocycles. The van der Waals surface area contributed by atoms with Crippen LogP contribution in [-0.4, -0.2) is 17.1 Å². The average Bonchev–Trinajstić information content (AvgIpc) is 2.07. The molecule has 0 aliphatic rings. The van der Waals surface area contributed by atoms with Crippen LogP contribution in [0.4, 0.5) is 0 Å². The maximum Gasteiger partial charge on any atom is 0.133 e. The summed E-state index contributed by atoms with van der Waals surface area (Å²) >= 11 is 0. The van der Waals surface area contributed by atoms with E-state index in [0.717, 1.165) is 17.1 Å². The van der Waals surface area contributed by atoms with Crippen molar-refractivity contribution in [1.82, 2.24) is 9.97 Å². The Morgan fingerprint density at radius 2 is 2.00 bits per heavy atom. The zero-order valence-electron chi connectivity index (χ0n) is 9.59. The minimum Gasteiger partial charge on any atom is -0.380 e. The normalized spacial score (nSPS) is 11.8. The van der Waals surface area contributed by atoms with E-state index < -0.39 is 0 Å². The molecule has 0 aliphatic heterocycles. The summed E-state index contributed by atoms with van der Waals surface area (Å²) in [5, 5.41) is 0. The molecule has 3 heteroatoms. The molecule has 0 spiro atoms. The third-order valence-electron chi connectivity index (χ3n) is 2.05. The van der Waals surface area contributed by atoms with Crippen LogP contribution in [0.25, 0.3) is 0 Å². The molecule has 0 atom stereocenters. The molecule has 0 unspecified atom stereocenters. The van der Waals surface area contributed by atoms with Gasteiger partial charge in [-0.1, -0.05) is 20.8 Å². The first-order valence-corrected chi connectivity index (χ1v) is 4.77. The molecule has 0 bridgehead atoms. The minimum atomic E-state index is 0.0103. The SMILES string of the molecule is COCc1cnc(C(C)(C)C)nc1C. The summed E-state index contributed by atoms with van der Waals surface area (Å²) in [6, 6.07) is 0. The molecule has 0 amide bonds. The van der Waals surface area contributed by atoms with Crippen LogP contribution in [0.5, 0.6) is 0 Å². The van der Waals surface area contributed by atoms with Crippen molar-refractivity contribution in [3.8, 4) is 0 Å². The predicted octanol–water partition coefficient (Wildman–Crippen LogP) is 2.23. The molecule has 0 saturated carbocycles. The second kappa shape index (κ2) is 4.05. The molecule has 0 fully saturated rings. The van der Waals surface area contributed by atoms with Crippen molar-refractivity contribution in [1.29, 1.82) is 0 Å². The molecule has 14 heavy (non-hydrogen) atoms. The van der Waals surface area contributed by atoms with Crippen molar-refractivity contribution >= 4 is 0 Å².